The second-order valence-electron chi connectivity index (χ2n) is 5.17. The number of rotatable bonds is 3. The first-order chi connectivity index (χ1) is 10.3. The van der Waals surface area contributed by atoms with Crippen LogP contribution in [-0.2, 0) is 17.8 Å². The highest BCUT2D eigenvalue weighted by atomic mass is 16.5. The van der Waals surface area contributed by atoms with Gasteiger partial charge in [-0.1, -0.05) is 36.4 Å². The van der Waals surface area contributed by atoms with Crippen LogP contribution >= 0.6 is 0 Å². The van der Waals surface area contributed by atoms with Crippen molar-refractivity contribution in [2.45, 2.75) is 13.0 Å². The van der Waals surface area contributed by atoms with Gasteiger partial charge in [-0.15, -0.1) is 0 Å². The molecule has 1 amide bonds. The van der Waals surface area contributed by atoms with Crippen molar-refractivity contribution in [1.29, 1.82) is 0 Å². The Balaban J connectivity index is 1.72. The van der Waals surface area contributed by atoms with E-state index in [0.717, 1.165) is 22.6 Å². The molecule has 0 aliphatic carbocycles. The van der Waals surface area contributed by atoms with E-state index in [1.165, 1.54) is 0 Å². The lowest BCUT2D eigenvalue weighted by molar-refractivity contribution is -0.121. The number of hydrogen-bond donors (Lipinski definition) is 2. The highest BCUT2D eigenvalue weighted by Gasteiger charge is 2.26. The van der Waals surface area contributed by atoms with Crippen LogP contribution in [0.1, 0.15) is 11.1 Å². The molecule has 0 radical (unpaired) electrons. The van der Waals surface area contributed by atoms with Crippen LogP contribution in [0.25, 0.3) is 0 Å². The Labute approximate surface area is 123 Å². The molecule has 4 heteroatoms. The second kappa shape index (κ2) is 5.97. The van der Waals surface area contributed by atoms with Crippen molar-refractivity contribution in [1.82, 2.24) is 0 Å². The van der Waals surface area contributed by atoms with Crippen LogP contribution in [0, 0.1) is 5.92 Å². The van der Waals surface area contributed by atoms with Gasteiger partial charge in [0.15, 0.2) is 0 Å². The van der Waals surface area contributed by atoms with E-state index in [2.05, 4.69) is 5.32 Å². The van der Waals surface area contributed by atoms with E-state index in [0.29, 0.717) is 19.6 Å². The fraction of sp³-hybridized carbons (Fsp3) is 0.235. The molecule has 1 unspecified atom stereocenters. The van der Waals surface area contributed by atoms with Gasteiger partial charge in [0.1, 0.15) is 12.4 Å². The van der Waals surface area contributed by atoms with Gasteiger partial charge in [0.05, 0.1) is 5.92 Å². The van der Waals surface area contributed by atoms with Crippen LogP contribution < -0.4 is 15.8 Å². The summed E-state index contributed by atoms with van der Waals surface area (Å²) in [6.45, 7) is 0.814. The van der Waals surface area contributed by atoms with Gasteiger partial charge in [0.25, 0.3) is 0 Å². The van der Waals surface area contributed by atoms with Gasteiger partial charge in [0, 0.05) is 12.2 Å². The number of amides is 1. The minimum absolute atomic E-state index is 0.0228. The van der Waals surface area contributed by atoms with E-state index < -0.39 is 0 Å². The first kappa shape index (κ1) is 13.6. The van der Waals surface area contributed by atoms with Gasteiger partial charge in [-0.25, -0.2) is 0 Å². The molecular weight excluding hydrogens is 264 g/mol. The number of nitrogens with two attached hydrogens (primary N) is 1. The molecular formula is C17H18N2O2. The van der Waals surface area contributed by atoms with Crippen molar-refractivity contribution in [2.24, 2.45) is 11.7 Å². The number of benzene rings is 2. The van der Waals surface area contributed by atoms with Crippen LogP contribution in [0.2, 0.25) is 0 Å². The lowest BCUT2D eigenvalue weighted by atomic mass is 9.96. The Hall–Kier alpha value is -2.33. The number of para-hydroxylation sites is 2. The topological polar surface area (TPSA) is 64.3 Å². The van der Waals surface area contributed by atoms with Gasteiger partial charge >= 0.3 is 0 Å². The molecule has 1 atom stereocenters. The third kappa shape index (κ3) is 2.90. The van der Waals surface area contributed by atoms with Crippen LogP contribution in [-0.4, -0.2) is 12.5 Å². The van der Waals surface area contributed by atoms with Gasteiger partial charge in [-0.3, -0.25) is 4.79 Å². The molecule has 108 valence electrons. The minimum Gasteiger partial charge on any atom is -0.492 e. The van der Waals surface area contributed by atoms with Crippen LogP contribution in [0.4, 0.5) is 5.69 Å². The molecule has 1 aliphatic rings. The summed E-state index contributed by atoms with van der Waals surface area (Å²) >= 11 is 0. The minimum atomic E-state index is -0.175. The van der Waals surface area contributed by atoms with Crippen molar-refractivity contribution in [2.75, 3.05) is 11.9 Å². The molecule has 0 spiro atoms. The van der Waals surface area contributed by atoms with E-state index in [4.69, 9.17) is 10.5 Å². The SMILES string of the molecule is NCc1ccccc1NC(=O)C1COc2ccccc2C1. The predicted octanol–water partition coefficient (Wildman–Crippen LogP) is 2.34. The molecule has 0 fully saturated rings. The van der Waals surface area contributed by atoms with E-state index >= 15 is 0 Å². The maximum absolute atomic E-state index is 12.4. The monoisotopic (exact) mass is 282 g/mol. The largest absolute Gasteiger partial charge is 0.492 e. The summed E-state index contributed by atoms with van der Waals surface area (Å²) in [7, 11) is 0. The second-order valence-corrected chi connectivity index (χ2v) is 5.17. The average Bonchev–Trinajstić information content (AvgIpc) is 2.55. The quantitative estimate of drug-likeness (QED) is 0.908. The smallest absolute Gasteiger partial charge is 0.231 e. The number of carbonyl (C=O) groups is 1. The normalized spacial score (nSPS) is 16.7. The molecule has 2 aromatic carbocycles. The molecule has 1 heterocycles. The number of nitrogens with one attached hydrogen (secondary N) is 1. The fourth-order valence-electron chi connectivity index (χ4n) is 2.55. The predicted molar refractivity (Wildman–Crippen MR) is 82.1 cm³/mol. The zero-order chi connectivity index (χ0) is 14.7. The molecule has 3 N–H and O–H groups in total. The summed E-state index contributed by atoms with van der Waals surface area (Å²) in [4.78, 5) is 12.4. The summed E-state index contributed by atoms with van der Waals surface area (Å²) in [6.07, 6.45) is 0.701. The van der Waals surface area contributed by atoms with Crippen molar-refractivity contribution in [3.05, 3.63) is 59.7 Å². The Kier molecular flexibility index (Phi) is 3.88. The van der Waals surface area contributed by atoms with E-state index in [1.807, 2.05) is 48.5 Å². The Bertz CT molecular complexity index is 655. The van der Waals surface area contributed by atoms with Crippen molar-refractivity contribution in [3.8, 4) is 5.75 Å². The number of anilines is 1. The van der Waals surface area contributed by atoms with Crippen LogP contribution in [0.5, 0.6) is 5.75 Å². The highest BCUT2D eigenvalue weighted by Crippen LogP contribution is 2.27. The maximum atomic E-state index is 12.4. The molecule has 0 saturated carbocycles. The van der Waals surface area contributed by atoms with Crippen molar-refractivity contribution >= 4 is 11.6 Å². The summed E-state index contributed by atoms with van der Waals surface area (Å²) in [6, 6.07) is 15.4. The van der Waals surface area contributed by atoms with E-state index in [9.17, 15) is 4.79 Å². The Morgan fingerprint density at radius 2 is 1.95 bits per heavy atom. The summed E-state index contributed by atoms with van der Waals surface area (Å²) in [5.41, 5.74) is 8.49. The number of hydrogen-bond acceptors (Lipinski definition) is 3. The molecule has 4 nitrogen and oxygen atoms in total. The van der Waals surface area contributed by atoms with Crippen LogP contribution in [0.3, 0.4) is 0 Å². The van der Waals surface area contributed by atoms with Crippen LogP contribution in [0.15, 0.2) is 48.5 Å². The number of fused-ring (bicyclic) bond motifs is 1. The zero-order valence-corrected chi connectivity index (χ0v) is 11.7. The maximum Gasteiger partial charge on any atom is 0.231 e. The average molecular weight is 282 g/mol. The van der Waals surface area contributed by atoms with Gasteiger partial charge < -0.3 is 15.8 Å². The molecule has 1 aliphatic heterocycles. The Morgan fingerprint density at radius 3 is 2.81 bits per heavy atom. The number of carbonyl (C=O) groups excluding carboxylic acids is 1. The standard InChI is InChI=1S/C17H18N2O2/c18-10-13-6-1-3-7-15(13)19-17(20)14-9-12-5-2-4-8-16(12)21-11-14/h1-8,14H,9-11,18H2,(H,19,20). The summed E-state index contributed by atoms with van der Waals surface area (Å²) in [5.74, 6) is 0.681. The first-order valence-electron chi connectivity index (χ1n) is 7.07. The lowest BCUT2D eigenvalue weighted by Gasteiger charge is -2.24. The van der Waals surface area contributed by atoms with Gasteiger partial charge in [0.2, 0.25) is 5.91 Å². The third-order valence-electron chi connectivity index (χ3n) is 3.74. The first-order valence-corrected chi connectivity index (χ1v) is 7.07. The van der Waals surface area contributed by atoms with Crippen molar-refractivity contribution < 1.29 is 9.53 Å². The molecule has 0 aromatic heterocycles. The van der Waals surface area contributed by atoms with Crippen molar-refractivity contribution in [3.63, 3.8) is 0 Å². The Morgan fingerprint density at radius 1 is 1.19 bits per heavy atom. The third-order valence-corrected chi connectivity index (χ3v) is 3.74. The molecule has 0 bridgehead atoms. The molecule has 2 aromatic rings. The molecule has 0 saturated heterocycles. The molecule has 3 rings (SSSR count). The lowest BCUT2D eigenvalue weighted by Crippen LogP contribution is -2.32. The zero-order valence-electron chi connectivity index (χ0n) is 11.7. The van der Waals surface area contributed by atoms with E-state index in [1.54, 1.807) is 0 Å². The summed E-state index contributed by atoms with van der Waals surface area (Å²) < 4.78 is 5.67. The molecule has 21 heavy (non-hydrogen) atoms. The highest BCUT2D eigenvalue weighted by molar-refractivity contribution is 5.93. The van der Waals surface area contributed by atoms with Gasteiger partial charge in [-0.2, -0.15) is 0 Å². The fourth-order valence-corrected chi connectivity index (χ4v) is 2.55. The summed E-state index contributed by atoms with van der Waals surface area (Å²) in [5, 5.41) is 2.96. The van der Waals surface area contributed by atoms with Gasteiger partial charge in [-0.05, 0) is 29.7 Å². The van der Waals surface area contributed by atoms with E-state index in [-0.39, 0.29) is 11.8 Å². The number of ether oxygens (including phenoxy) is 1.